The second-order valence-corrected chi connectivity index (χ2v) is 5.59. The molecule has 5 nitrogen and oxygen atoms in total. The van der Waals surface area contributed by atoms with E-state index < -0.39 is 12.2 Å². The third kappa shape index (κ3) is 4.39. The van der Waals surface area contributed by atoms with Crippen LogP contribution in [0.25, 0.3) is 0 Å². The number of hydrogen-bond acceptors (Lipinski definition) is 4. The Bertz CT molecular complexity index is 517. The molecule has 23 heavy (non-hydrogen) atoms. The van der Waals surface area contributed by atoms with Crippen molar-refractivity contribution in [1.82, 2.24) is 10.6 Å². The molecular formula is C16H22F2N2O3. The molecular weight excluding hydrogens is 306 g/mol. The van der Waals surface area contributed by atoms with E-state index >= 15 is 0 Å². The minimum atomic E-state index is -2.85. The first-order chi connectivity index (χ1) is 11.0. The predicted molar refractivity (Wildman–Crippen MR) is 81.5 cm³/mol. The average Bonchev–Trinajstić information content (AvgIpc) is 2.55. The van der Waals surface area contributed by atoms with Gasteiger partial charge in [-0.25, -0.2) is 0 Å². The van der Waals surface area contributed by atoms with E-state index in [1.807, 2.05) is 6.92 Å². The maximum atomic E-state index is 12.6. The number of carbonyl (C=O) groups excluding carboxylic acids is 1. The van der Waals surface area contributed by atoms with E-state index in [0.717, 1.165) is 18.7 Å². The predicted octanol–water partition coefficient (Wildman–Crippen LogP) is 2.23. The number of methoxy groups -OCH3 is 1. The van der Waals surface area contributed by atoms with E-state index in [0.29, 0.717) is 12.8 Å². The summed E-state index contributed by atoms with van der Waals surface area (Å²) in [7, 11) is 1.55. The lowest BCUT2D eigenvalue weighted by atomic mass is 9.90. The minimum Gasteiger partial charge on any atom is -0.435 e. The Morgan fingerprint density at radius 1 is 1.26 bits per heavy atom. The number of nitrogens with one attached hydrogen (secondary N) is 2. The van der Waals surface area contributed by atoms with Crippen LogP contribution in [0.5, 0.6) is 5.75 Å². The molecule has 0 radical (unpaired) electrons. The molecule has 0 saturated carbocycles. The standard InChI is InChI=1S/C16H22F2N2O3/c1-11(12-3-5-13(6-4-12)23-15(17)18)20-14(21)16(22-2)7-9-19-10-8-16/h3-6,11,15,19H,7-10H2,1-2H3,(H,20,21). The molecule has 0 spiro atoms. The fourth-order valence-corrected chi connectivity index (χ4v) is 2.70. The molecule has 1 aromatic rings. The van der Waals surface area contributed by atoms with Crippen molar-refractivity contribution in [3.05, 3.63) is 29.8 Å². The number of alkyl halides is 2. The minimum absolute atomic E-state index is 0.0917. The van der Waals surface area contributed by atoms with E-state index in [1.54, 1.807) is 19.2 Å². The summed E-state index contributed by atoms with van der Waals surface area (Å²) in [4.78, 5) is 12.6. The monoisotopic (exact) mass is 328 g/mol. The Labute approximate surface area is 134 Å². The Balaban J connectivity index is 2.00. The van der Waals surface area contributed by atoms with Crippen molar-refractivity contribution >= 4 is 5.91 Å². The number of hydrogen-bond donors (Lipinski definition) is 2. The summed E-state index contributed by atoms with van der Waals surface area (Å²) >= 11 is 0. The highest BCUT2D eigenvalue weighted by Gasteiger charge is 2.40. The molecule has 128 valence electrons. The van der Waals surface area contributed by atoms with Crippen LogP contribution >= 0.6 is 0 Å². The summed E-state index contributed by atoms with van der Waals surface area (Å²) in [6.07, 6.45) is 1.23. The number of piperidine rings is 1. The molecule has 1 unspecified atom stereocenters. The van der Waals surface area contributed by atoms with E-state index in [1.165, 1.54) is 12.1 Å². The molecule has 1 amide bonds. The zero-order valence-corrected chi connectivity index (χ0v) is 13.3. The van der Waals surface area contributed by atoms with Gasteiger partial charge in [-0.2, -0.15) is 8.78 Å². The fourth-order valence-electron chi connectivity index (χ4n) is 2.70. The van der Waals surface area contributed by atoms with Gasteiger partial charge in [-0.05, 0) is 50.6 Å². The van der Waals surface area contributed by atoms with Crippen LogP contribution in [0.3, 0.4) is 0 Å². The first-order valence-corrected chi connectivity index (χ1v) is 7.58. The summed E-state index contributed by atoms with van der Waals surface area (Å²) in [5, 5.41) is 6.14. The lowest BCUT2D eigenvalue weighted by Gasteiger charge is -2.35. The van der Waals surface area contributed by atoms with E-state index in [9.17, 15) is 13.6 Å². The van der Waals surface area contributed by atoms with Crippen LogP contribution in [0.4, 0.5) is 8.78 Å². The smallest absolute Gasteiger partial charge is 0.387 e. The molecule has 1 aliphatic heterocycles. The van der Waals surface area contributed by atoms with E-state index in [2.05, 4.69) is 15.4 Å². The van der Waals surface area contributed by atoms with Gasteiger partial charge in [-0.3, -0.25) is 4.79 Å². The highest BCUT2D eigenvalue weighted by atomic mass is 19.3. The molecule has 1 aliphatic rings. The summed E-state index contributed by atoms with van der Waals surface area (Å²) < 4.78 is 34.1. The summed E-state index contributed by atoms with van der Waals surface area (Å²) in [5.74, 6) is -0.0594. The fraction of sp³-hybridized carbons (Fsp3) is 0.562. The summed E-state index contributed by atoms with van der Waals surface area (Å²) in [6, 6.07) is 5.97. The molecule has 1 fully saturated rings. The van der Waals surface area contributed by atoms with Crippen LogP contribution < -0.4 is 15.4 Å². The normalized spacial score (nSPS) is 18.5. The van der Waals surface area contributed by atoms with Gasteiger partial charge in [0.25, 0.3) is 5.91 Å². The maximum absolute atomic E-state index is 12.6. The molecule has 1 heterocycles. The van der Waals surface area contributed by atoms with Gasteiger partial charge in [0.15, 0.2) is 0 Å². The molecule has 2 N–H and O–H groups in total. The SMILES string of the molecule is COC1(C(=O)NC(C)c2ccc(OC(F)F)cc2)CCNCC1. The van der Waals surface area contributed by atoms with Crippen molar-refractivity contribution in [3.63, 3.8) is 0 Å². The second kappa shape index (κ2) is 7.70. The quantitative estimate of drug-likeness (QED) is 0.841. The third-order valence-electron chi connectivity index (χ3n) is 4.17. The largest absolute Gasteiger partial charge is 0.435 e. The number of amides is 1. The molecule has 1 saturated heterocycles. The van der Waals surface area contributed by atoms with Gasteiger partial charge >= 0.3 is 6.61 Å². The lowest BCUT2D eigenvalue weighted by molar-refractivity contribution is -0.147. The number of rotatable bonds is 6. The molecule has 0 bridgehead atoms. The van der Waals surface area contributed by atoms with Crippen molar-refractivity contribution in [2.45, 2.75) is 38.0 Å². The van der Waals surface area contributed by atoms with Gasteiger partial charge in [0.1, 0.15) is 11.4 Å². The molecule has 1 atom stereocenters. The highest BCUT2D eigenvalue weighted by Crippen LogP contribution is 2.25. The third-order valence-corrected chi connectivity index (χ3v) is 4.17. The Kier molecular flexibility index (Phi) is 5.90. The molecule has 2 rings (SSSR count). The Hall–Kier alpha value is -1.73. The zero-order valence-electron chi connectivity index (χ0n) is 13.3. The first-order valence-electron chi connectivity index (χ1n) is 7.58. The number of ether oxygens (including phenoxy) is 2. The summed E-state index contributed by atoms with van der Waals surface area (Å²) in [6.45, 7) is 0.454. The Morgan fingerprint density at radius 2 is 1.87 bits per heavy atom. The van der Waals surface area contributed by atoms with Crippen molar-refractivity contribution in [2.75, 3.05) is 20.2 Å². The molecule has 7 heteroatoms. The first kappa shape index (κ1) is 17.6. The number of benzene rings is 1. The lowest BCUT2D eigenvalue weighted by Crippen LogP contribution is -2.54. The highest BCUT2D eigenvalue weighted by molar-refractivity contribution is 5.85. The molecule has 0 aromatic heterocycles. The van der Waals surface area contributed by atoms with Crippen molar-refractivity contribution in [3.8, 4) is 5.75 Å². The number of halogens is 2. The zero-order chi connectivity index (χ0) is 16.9. The van der Waals surface area contributed by atoms with Crippen LogP contribution in [0, 0.1) is 0 Å². The van der Waals surface area contributed by atoms with Gasteiger partial charge in [-0.1, -0.05) is 12.1 Å². The van der Waals surface area contributed by atoms with Crippen LogP contribution in [-0.4, -0.2) is 38.3 Å². The molecule has 1 aromatic carbocycles. The van der Waals surface area contributed by atoms with Gasteiger partial charge in [0.2, 0.25) is 0 Å². The van der Waals surface area contributed by atoms with Gasteiger partial charge in [0.05, 0.1) is 6.04 Å². The second-order valence-electron chi connectivity index (χ2n) is 5.59. The topological polar surface area (TPSA) is 59.6 Å². The average molecular weight is 328 g/mol. The van der Waals surface area contributed by atoms with Crippen molar-refractivity contribution < 1.29 is 23.0 Å². The van der Waals surface area contributed by atoms with Crippen LogP contribution in [0.1, 0.15) is 31.4 Å². The van der Waals surface area contributed by atoms with Crippen molar-refractivity contribution in [1.29, 1.82) is 0 Å². The Morgan fingerprint density at radius 3 is 2.39 bits per heavy atom. The summed E-state index contributed by atoms with van der Waals surface area (Å²) in [5.41, 5.74) is -0.00161. The van der Waals surface area contributed by atoms with Crippen LogP contribution in [0.15, 0.2) is 24.3 Å². The van der Waals surface area contributed by atoms with E-state index in [4.69, 9.17) is 4.74 Å². The van der Waals surface area contributed by atoms with Crippen LogP contribution in [-0.2, 0) is 9.53 Å². The van der Waals surface area contributed by atoms with E-state index in [-0.39, 0.29) is 17.7 Å². The van der Waals surface area contributed by atoms with Gasteiger partial charge in [0, 0.05) is 7.11 Å². The molecule has 0 aliphatic carbocycles. The number of carbonyl (C=O) groups is 1. The van der Waals surface area contributed by atoms with Gasteiger partial charge in [-0.15, -0.1) is 0 Å². The van der Waals surface area contributed by atoms with Crippen LogP contribution in [0.2, 0.25) is 0 Å². The van der Waals surface area contributed by atoms with Crippen molar-refractivity contribution in [2.24, 2.45) is 0 Å². The maximum Gasteiger partial charge on any atom is 0.387 e. The van der Waals surface area contributed by atoms with Gasteiger partial charge < -0.3 is 20.1 Å².